The summed E-state index contributed by atoms with van der Waals surface area (Å²) in [6.45, 7) is 0.126. The highest BCUT2D eigenvalue weighted by Crippen LogP contribution is 2.21. The van der Waals surface area contributed by atoms with Crippen molar-refractivity contribution in [3.8, 4) is 0 Å². The van der Waals surface area contributed by atoms with E-state index in [4.69, 9.17) is 23.2 Å². The standard InChI is InChI=1S/C20H14Cl2NO2/c21-16-6-7-17(18(22)12-16)19(24)13-23-10-8-15(9-11-23)20(25)14-4-2-1-3-5-14/h1-12H,13H2/q+1. The zero-order valence-electron chi connectivity index (χ0n) is 13.2. The van der Waals surface area contributed by atoms with Crippen molar-refractivity contribution in [1.29, 1.82) is 0 Å². The highest BCUT2D eigenvalue weighted by molar-refractivity contribution is 6.36. The molecule has 0 atom stereocenters. The molecule has 0 N–H and O–H groups in total. The number of hydrogen-bond acceptors (Lipinski definition) is 2. The predicted octanol–water partition coefficient (Wildman–Crippen LogP) is 4.39. The smallest absolute Gasteiger partial charge is 0.229 e. The quantitative estimate of drug-likeness (QED) is 0.493. The Morgan fingerprint density at radius 1 is 0.840 bits per heavy atom. The van der Waals surface area contributed by atoms with Gasteiger partial charge >= 0.3 is 0 Å². The van der Waals surface area contributed by atoms with Gasteiger partial charge in [-0.2, -0.15) is 4.57 Å². The summed E-state index contributed by atoms with van der Waals surface area (Å²) in [5.74, 6) is -0.186. The summed E-state index contributed by atoms with van der Waals surface area (Å²) in [5, 5.41) is 0.812. The molecule has 0 unspecified atom stereocenters. The second-order valence-electron chi connectivity index (χ2n) is 5.50. The molecule has 0 saturated heterocycles. The van der Waals surface area contributed by atoms with Crippen molar-refractivity contribution in [3.63, 3.8) is 0 Å². The highest BCUT2D eigenvalue weighted by Gasteiger charge is 2.16. The lowest BCUT2D eigenvalue weighted by Crippen LogP contribution is -2.37. The van der Waals surface area contributed by atoms with Gasteiger partial charge in [-0.15, -0.1) is 0 Å². The molecule has 5 heteroatoms. The zero-order valence-corrected chi connectivity index (χ0v) is 14.7. The van der Waals surface area contributed by atoms with Crippen molar-refractivity contribution in [2.45, 2.75) is 6.54 Å². The molecule has 25 heavy (non-hydrogen) atoms. The summed E-state index contributed by atoms with van der Waals surface area (Å²) in [4.78, 5) is 24.7. The summed E-state index contributed by atoms with van der Waals surface area (Å²) >= 11 is 11.9. The number of aromatic nitrogens is 1. The van der Waals surface area contributed by atoms with E-state index in [9.17, 15) is 9.59 Å². The van der Waals surface area contributed by atoms with E-state index in [0.717, 1.165) is 0 Å². The van der Waals surface area contributed by atoms with Gasteiger partial charge in [-0.1, -0.05) is 53.5 Å². The van der Waals surface area contributed by atoms with Crippen LogP contribution in [0.25, 0.3) is 0 Å². The van der Waals surface area contributed by atoms with Crippen LogP contribution in [0.4, 0.5) is 0 Å². The van der Waals surface area contributed by atoms with Crippen LogP contribution < -0.4 is 4.57 Å². The van der Waals surface area contributed by atoms with E-state index in [0.29, 0.717) is 26.7 Å². The third-order valence-corrected chi connectivity index (χ3v) is 4.29. The Labute approximate surface area is 155 Å². The van der Waals surface area contributed by atoms with Gasteiger partial charge in [0.15, 0.2) is 18.2 Å². The maximum Gasteiger partial charge on any atom is 0.229 e. The largest absolute Gasteiger partial charge is 0.289 e. The van der Waals surface area contributed by atoms with Gasteiger partial charge < -0.3 is 0 Å². The Kier molecular flexibility index (Phi) is 5.27. The number of halogens is 2. The number of rotatable bonds is 5. The second-order valence-corrected chi connectivity index (χ2v) is 6.35. The van der Waals surface area contributed by atoms with Gasteiger partial charge in [-0.05, 0) is 18.2 Å². The molecule has 2 aromatic carbocycles. The Morgan fingerprint density at radius 2 is 1.48 bits per heavy atom. The summed E-state index contributed by atoms with van der Waals surface area (Å²) < 4.78 is 1.70. The monoisotopic (exact) mass is 370 g/mol. The topological polar surface area (TPSA) is 38.0 Å². The fourth-order valence-electron chi connectivity index (χ4n) is 2.44. The molecule has 3 rings (SSSR count). The SMILES string of the molecule is O=C(c1ccccc1)c1cc[n+](CC(=O)c2ccc(Cl)cc2Cl)cc1. The first-order chi connectivity index (χ1) is 12.0. The van der Waals surface area contributed by atoms with E-state index >= 15 is 0 Å². The lowest BCUT2D eigenvalue weighted by Gasteiger charge is -2.03. The van der Waals surface area contributed by atoms with Crippen molar-refractivity contribution in [2.75, 3.05) is 0 Å². The van der Waals surface area contributed by atoms with Gasteiger partial charge in [0.05, 0.1) is 5.02 Å². The van der Waals surface area contributed by atoms with Crippen LogP contribution in [0.2, 0.25) is 10.0 Å². The van der Waals surface area contributed by atoms with E-state index in [1.54, 1.807) is 59.4 Å². The Morgan fingerprint density at radius 3 is 2.12 bits per heavy atom. The normalized spacial score (nSPS) is 10.5. The maximum absolute atomic E-state index is 12.4. The first kappa shape index (κ1) is 17.3. The Balaban J connectivity index is 1.74. The summed E-state index contributed by atoms with van der Waals surface area (Å²) in [6, 6.07) is 17.2. The number of carbonyl (C=O) groups is 2. The first-order valence-corrected chi connectivity index (χ1v) is 8.37. The van der Waals surface area contributed by atoms with E-state index in [-0.39, 0.29) is 18.1 Å². The lowest BCUT2D eigenvalue weighted by atomic mass is 10.0. The number of pyridine rings is 1. The van der Waals surface area contributed by atoms with Crippen LogP contribution in [-0.4, -0.2) is 11.6 Å². The number of benzene rings is 2. The molecule has 0 amide bonds. The Hall–Kier alpha value is -2.49. The van der Waals surface area contributed by atoms with Crippen molar-refractivity contribution < 1.29 is 14.2 Å². The van der Waals surface area contributed by atoms with Gasteiger partial charge in [-0.3, -0.25) is 9.59 Å². The van der Waals surface area contributed by atoms with Gasteiger partial charge in [0.1, 0.15) is 0 Å². The van der Waals surface area contributed by atoms with Gasteiger partial charge in [0.2, 0.25) is 12.3 Å². The maximum atomic E-state index is 12.4. The molecule has 0 saturated carbocycles. The van der Waals surface area contributed by atoms with Crippen LogP contribution in [0.15, 0.2) is 73.1 Å². The first-order valence-electron chi connectivity index (χ1n) is 7.62. The predicted molar refractivity (Wildman–Crippen MR) is 97.3 cm³/mol. The van der Waals surface area contributed by atoms with Crippen LogP contribution in [-0.2, 0) is 6.54 Å². The van der Waals surface area contributed by atoms with Gasteiger partial charge in [0.25, 0.3) is 0 Å². The van der Waals surface area contributed by atoms with E-state index in [1.165, 1.54) is 0 Å². The second kappa shape index (κ2) is 7.60. The zero-order chi connectivity index (χ0) is 17.8. The fraction of sp³-hybridized carbons (Fsp3) is 0.0500. The van der Waals surface area contributed by atoms with Crippen molar-refractivity contribution >= 4 is 34.8 Å². The fourth-order valence-corrected chi connectivity index (χ4v) is 2.95. The molecule has 0 radical (unpaired) electrons. The molecular formula is C20H14Cl2NO2+. The van der Waals surface area contributed by atoms with Crippen LogP contribution in [0.5, 0.6) is 0 Å². The molecule has 1 aromatic heterocycles. The minimum atomic E-state index is -0.131. The van der Waals surface area contributed by atoms with Crippen molar-refractivity contribution in [3.05, 3.63) is 99.8 Å². The minimum Gasteiger partial charge on any atom is -0.289 e. The number of hydrogen-bond donors (Lipinski definition) is 0. The number of Topliss-reactive ketones (excluding diaryl/α,β-unsaturated/α-hetero) is 1. The molecule has 0 aliphatic heterocycles. The molecule has 0 fully saturated rings. The van der Waals surface area contributed by atoms with E-state index < -0.39 is 0 Å². The average Bonchev–Trinajstić information content (AvgIpc) is 2.62. The Bertz CT molecular complexity index is 922. The highest BCUT2D eigenvalue weighted by atomic mass is 35.5. The lowest BCUT2D eigenvalue weighted by molar-refractivity contribution is -0.683. The summed E-state index contributed by atoms with van der Waals surface area (Å²) in [7, 11) is 0. The van der Waals surface area contributed by atoms with E-state index in [1.807, 2.05) is 18.2 Å². The molecule has 3 aromatic rings. The molecule has 1 heterocycles. The number of carbonyl (C=O) groups excluding carboxylic acids is 2. The van der Waals surface area contributed by atoms with Crippen LogP contribution in [0, 0.1) is 0 Å². The molecule has 0 aliphatic rings. The van der Waals surface area contributed by atoms with Crippen molar-refractivity contribution in [1.82, 2.24) is 0 Å². The molecular weight excluding hydrogens is 357 g/mol. The van der Waals surface area contributed by atoms with Gasteiger partial charge in [-0.25, -0.2) is 0 Å². The van der Waals surface area contributed by atoms with Crippen LogP contribution in [0.1, 0.15) is 26.3 Å². The van der Waals surface area contributed by atoms with E-state index in [2.05, 4.69) is 0 Å². The molecule has 124 valence electrons. The van der Waals surface area contributed by atoms with Gasteiger partial charge in [0, 0.05) is 33.8 Å². The molecule has 3 nitrogen and oxygen atoms in total. The third kappa shape index (κ3) is 4.13. The summed E-state index contributed by atoms with van der Waals surface area (Å²) in [6.07, 6.45) is 3.41. The van der Waals surface area contributed by atoms with Crippen LogP contribution in [0.3, 0.4) is 0 Å². The molecule has 0 spiro atoms. The molecule has 0 aliphatic carbocycles. The number of nitrogens with zero attached hydrogens (tertiary/aromatic N) is 1. The molecule has 0 bridgehead atoms. The average molecular weight is 371 g/mol. The summed E-state index contributed by atoms with van der Waals surface area (Å²) in [5.41, 5.74) is 1.62. The number of ketones is 2. The van der Waals surface area contributed by atoms with Crippen LogP contribution >= 0.6 is 23.2 Å². The minimum absolute atomic E-state index is 0.0557. The van der Waals surface area contributed by atoms with Crippen molar-refractivity contribution in [2.24, 2.45) is 0 Å². The third-order valence-electron chi connectivity index (χ3n) is 3.75.